The zero-order valence-corrected chi connectivity index (χ0v) is 47.0. The van der Waals surface area contributed by atoms with E-state index in [4.69, 9.17) is 66.3 Å². The number of ether oxygens (including phenoxy) is 14. The van der Waals surface area contributed by atoms with Crippen LogP contribution >= 0.6 is 0 Å². The van der Waals surface area contributed by atoms with Crippen LogP contribution in [0, 0.1) is 21.7 Å². The fourth-order valence-corrected chi connectivity index (χ4v) is 6.30. The van der Waals surface area contributed by atoms with Crippen LogP contribution in [0.4, 0.5) is 0 Å². The molecule has 0 spiro atoms. The number of unbranched alkanes of at least 4 members (excludes halogenated alkanes) is 3. The quantitative estimate of drug-likeness (QED) is 0.0363. The van der Waals surface area contributed by atoms with Crippen molar-refractivity contribution in [3.05, 3.63) is 127 Å². The van der Waals surface area contributed by atoms with Crippen molar-refractivity contribution < 1.29 is 124 Å². The Hall–Kier alpha value is -9.04. The number of hydrogen-bond acceptors (Lipinski definition) is 26. The summed E-state index contributed by atoms with van der Waals surface area (Å²) in [6.45, 7) is 24.3. The summed E-state index contributed by atoms with van der Waals surface area (Å²) in [6, 6.07) is 0. The van der Waals surface area contributed by atoms with E-state index in [-0.39, 0.29) is 25.7 Å². The molecule has 0 saturated heterocycles. The molecular formula is C58H74O26. The Bertz CT molecular complexity index is 2050. The second kappa shape index (κ2) is 41.9. The van der Waals surface area contributed by atoms with Gasteiger partial charge < -0.3 is 66.3 Å². The predicted molar refractivity (Wildman–Crippen MR) is 293 cm³/mol. The molecule has 0 aromatic heterocycles. The van der Waals surface area contributed by atoms with Crippen LogP contribution < -0.4 is 0 Å². The van der Waals surface area contributed by atoms with Crippen molar-refractivity contribution in [2.75, 3.05) is 106 Å². The third-order valence-corrected chi connectivity index (χ3v) is 11.1. The van der Waals surface area contributed by atoms with Gasteiger partial charge in [0.15, 0.2) is 0 Å². The number of carbonyl (C=O) groups is 12. The first-order chi connectivity index (χ1) is 40.0. The van der Waals surface area contributed by atoms with Crippen LogP contribution in [0.15, 0.2) is 127 Å². The van der Waals surface area contributed by atoms with Gasteiger partial charge in [0.05, 0.1) is 48.1 Å². The van der Waals surface area contributed by atoms with E-state index < -0.39 is 199 Å². The highest BCUT2D eigenvalue weighted by Gasteiger charge is 2.42. The van der Waals surface area contributed by atoms with E-state index in [2.05, 4.69) is 65.8 Å². The Labute approximate surface area is 486 Å². The minimum atomic E-state index is -1.66. The number of carbonyl (C=O) groups excluding carboxylic acids is 12. The van der Waals surface area contributed by atoms with Crippen LogP contribution in [0.3, 0.4) is 0 Å². The minimum Gasteiger partial charge on any atom is -0.465 e. The number of rotatable bonds is 49. The Balaban J connectivity index is 6.38. The lowest BCUT2D eigenvalue weighted by atomic mass is 9.90. The summed E-state index contributed by atoms with van der Waals surface area (Å²) in [5, 5.41) is 0. The van der Waals surface area contributed by atoms with Crippen molar-refractivity contribution >= 4 is 71.6 Å². The van der Waals surface area contributed by atoms with Crippen LogP contribution in [0.5, 0.6) is 0 Å². The average molecular weight is 1190 g/mol. The molecule has 0 aliphatic rings. The van der Waals surface area contributed by atoms with Gasteiger partial charge in [0.25, 0.3) is 0 Å². The zero-order valence-electron chi connectivity index (χ0n) is 47.0. The molecule has 0 atom stereocenters. The van der Waals surface area contributed by atoms with Crippen LogP contribution in [0.2, 0.25) is 0 Å². The van der Waals surface area contributed by atoms with Gasteiger partial charge in [0, 0.05) is 73.6 Å². The molecule has 0 N–H and O–H groups in total. The molecule has 0 heterocycles. The summed E-state index contributed by atoms with van der Waals surface area (Å²) in [5.74, 6) is -10.6. The molecule has 0 saturated carbocycles. The van der Waals surface area contributed by atoms with Crippen molar-refractivity contribution in [2.45, 2.75) is 38.5 Å². The lowest BCUT2D eigenvalue weighted by Gasteiger charge is -2.35. The van der Waals surface area contributed by atoms with Crippen molar-refractivity contribution in [1.82, 2.24) is 0 Å². The first-order valence-corrected chi connectivity index (χ1v) is 25.4. The summed E-state index contributed by atoms with van der Waals surface area (Å²) in [7, 11) is 0. The van der Waals surface area contributed by atoms with Crippen molar-refractivity contribution in [2.24, 2.45) is 21.7 Å². The maximum atomic E-state index is 13.2. The van der Waals surface area contributed by atoms with E-state index in [1.165, 1.54) is 0 Å². The summed E-state index contributed by atoms with van der Waals surface area (Å²) in [4.78, 5) is 149. The lowest BCUT2D eigenvalue weighted by molar-refractivity contribution is -0.174. The Kier molecular flexibility index (Phi) is 37.4. The first kappa shape index (κ1) is 75.0. The molecule has 26 heteroatoms. The van der Waals surface area contributed by atoms with E-state index in [1.54, 1.807) is 0 Å². The maximum absolute atomic E-state index is 13.2. The summed E-state index contributed by atoms with van der Waals surface area (Å²) in [6.07, 6.45) is 9.32. The average Bonchev–Trinajstić information content (AvgIpc) is 3.51. The Morgan fingerprint density at radius 2 is 0.357 bits per heavy atom. The van der Waals surface area contributed by atoms with E-state index in [0.717, 1.165) is 60.8 Å². The summed E-state index contributed by atoms with van der Waals surface area (Å²) < 4.78 is 75.9. The van der Waals surface area contributed by atoms with Crippen molar-refractivity contribution in [3.8, 4) is 0 Å². The minimum absolute atomic E-state index is 0.178. The van der Waals surface area contributed by atoms with Crippen LogP contribution in [0.1, 0.15) is 38.5 Å². The zero-order chi connectivity index (χ0) is 63.5. The molecule has 0 bridgehead atoms. The van der Waals surface area contributed by atoms with E-state index in [9.17, 15) is 57.5 Å². The molecule has 26 nitrogen and oxygen atoms in total. The van der Waals surface area contributed by atoms with E-state index in [0.29, 0.717) is 12.8 Å². The van der Waals surface area contributed by atoms with Crippen molar-refractivity contribution in [1.29, 1.82) is 0 Å². The molecule has 0 unspecified atom stereocenters. The number of esters is 12. The van der Waals surface area contributed by atoms with Gasteiger partial charge in [-0.1, -0.05) is 78.6 Å². The van der Waals surface area contributed by atoms with Gasteiger partial charge in [0.2, 0.25) is 0 Å². The highest BCUT2D eigenvalue weighted by Crippen LogP contribution is 2.29. The molecular weight excluding hydrogens is 1110 g/mol. The maximum Gasteiger partial charge on any atom is 0.330 e. The highest BCUT2D eigenvalue weighted by molar-refractivity contribution is 5.84. The molecule has 462 valence electrons. The topological polar surface area (TPSA) is 334 Å². The molecule has 0 rings (SSSR count). The van der Waals surface area contributed by atoms with Crippen LogP contribution in [-0.2, 0) is 124 Å². The molecule has 0 aliphatic carbocycles. The van der Waals surface area contributed by atoms with Gasteiger partial charge in [0.1, 0.15) is 79.3 Å². The predicted octanol–water partition coefficient (Wildman–Crippen LogP) is 3.68. The molecule has 0 fully saturated rings. The van der Waals surface area contributed by atoms with Crippen molar-refractivity contribution in [3.63, 3.8) is 0 Å². The smallest absolute Gasteiger partial charge is 0.330 e. The van der Waals surface area contributed by atoms with Gasteiger partial charge in [-0.3, -0.25) is 9.59 Å². The molecule has 84 heavy (non-hydrogen) atoms. The molecule has 0 radical (unpaired) electrons. The molecule has 0 aromatic carbocycles. The van der Waals surface area contributed by atoms with E-state index in [1.807, 2.05) is 0 Å². The SMILES string of the molecule is C=CC(=O)OCC(COCC(COC(=O)C=C)(COC(=O)C=C)COC(=O)CCCCCCC(=O)OCC(COCC(COC(=O)C=C)(COC(=O)C=C)COC(=O)C=C)(COC(=O)C=C)COC(=O)C=C)(COC(=O)C=C)COC(=O)C=C. The largest absolute Gasteiger partial charge is 0.465 e. The number of hydrogen-bond donors (Lipinski definition) is 0. The Morgan fingerprint density at radius 1 is 0.214 bits per heavy atom. The molecule has 0 aliphatic heterocycles. The standard InChI is InChI=1S/C58H74O26/c1-11-43(59)73-31-55(32-74-44(60)12-2,33-75-45(61)13-3)27-71-29-57(37-79-49(65)17-7,38-80-50(66)18-8)41-83-53(69)25-23-21-22-24-26-54(70)84-42-58(39-81-51(67)19-9,40-82-52(68)20-10)30-72-28-56(34-76-46(62)14-4,35-77-47(63)15-5)36-78-48(64)16-6/h11-20H,1-10,21-42H2. The van der Waals surface area contributed by atoms with Gasteiger partial charge in [-0.05, 0) is 12.8 Å². The normalized spacial score (nSPS) is 10.9. The van der Waals surface area contributed by atoms with Gasteiger partial charge in [-0.15, -0.1) is 0 Å². The third-order valence-electron chi connectivity index (χ3n) is 11.1. The fourth-order valence-electron chi connectivity index (χ4n) is 6.30. The Morgan fingerprint density at radius 3 is 0.500 bits per heavy atom. The fraction of sp³-hybridized carbons (Fsp3) is 0.448. The van der Waals surface area contributed by atoms with Crippen LogP contribution in [-0.4, -0.2) is 177 Å². The summed E-state index contributed by atoms with van der Waals surface area (Å²) >= 11 is 0. The van der Waals surface area contributed by atoms with Gasteiger partial charge in [-0.25, -0.2) is 47.9 Å². The molecule has 0 aromatic rings. The highest BCUT2D eigenvalue weighted by atomic mass is 16.6. The lowest BCUT2D eigenvalue weighted by Crippen LogP contribution is -2.47. The van der Waals surface area contributed by atoms with Gasteiger partial charge >= 0.3 is 71.6 Å². The first-order valence-electron chi connectivity index (χ1n) is 25.4. The second-order valence-corrected chi connectivity index (χ2v) is 18.3. The van der Waals surface area contributed by atoms with Gasteiger partial charge in [-0.2, -0.15) is 0 Å². The summed E-state index contributed by atoms with van der Waals surface area (Å²) in [5.41, 5.74) is -6.55. The monoisotopic (exact) mass is 1190 g/mol. The molecule has 0 amide bonds. The van der Waals surface area contributed by atoms with Crippen LogP contribution in [0.25, 0.3) is 0 Å². The second-order valence-electron chi connectivity index (χ2n) is 18.3. The third kappa shape index (κ3) is 32.4. The van der Waals surface area contributed by atoms with E-state index >= 15 is 0 Å².